The van der Waals surface area contributed by atoms with E-state index >= 15 is 0 Å². The summed E-state index contributed by atoms with van der Waals surface area (Å²) < 4.78 is 0. The Morgan fingerprint density at radius 3 is 2.82 bits per heavy atom. The first-order valence-corrected chi connectivity index (χ1v) is 5.24. The Kier molecular flexibility index (Phi) is 9.04. The van der Waals surface area contributed by atoms with E-state index in [1.165, 1.54) is 0 Å². The summed E-state index contributed by atoms with van der Waals surface area (Å²) in [6.07, 6.45) is 0. The zero-order chi connectivity index (χ0) is 10.8. The van der Waals surface area contributed by atoms with Gasteiger partial charge >= 0.3 is 58.2 Å². The fourth-order valence-electron chi connectivity index (χ4n) is 1.78. The van der Waals surface area contributed by atoms with Crippen molar-refractivity contribution in [3.8, 4) is 0 Å². The maximum Gasteiger partial charge on any atom is 1.00 e. The standard InChI is InChI=1S/C12H17N3.Rb.Re/c1-10-9-15(7-6-14(10)2)12-5-3-4-11(13)8-12;;/h3-4,6,8,10H,7,9,13H2,1-2H3;;/q-2;+1;/t10-;;/m1../s1. The molecule has 1 aliphatic heterocycles. The number of piperazine rings is 1. The largest absolute Gasteiger partial charge is 1.00 e. The van der Waals surface area contributed by atoms with Crippen LogP contribution in [0.1, 0.15) is 6.92 Å². The third-order valence-electron chi connectivity index (χ3n) is 2.92. The Bertz CT molecular complexity index is 348. The van der Waals surface area contributed by atoms with Crippen LogP contribution < -0.4 is 68.8 Å². The van der Waals surface area contributed by atoms with Gasteiger partial charge in [-0.15, -0.1) is 12.1 Å². The number of hydrogen-bond donors (Lipinski definition) is 1. The minimum atomic E-state index is 0. The molecule has 1 fully saturated rings. The molecule has 1 aromatic carbocycles. The van der Waals surface area contributed by atoms with Gasteiger partial charge in [-0.25, -0.2) is 6.54 Å². The van der Waals surface area contributed by atoms with Crippen molar-refractivity contribution in [2.75, 3.05) is 30.8 Å². The fraction of sp³-hybridized carbons (Fsp3) is 0.417. The molecule has 0 spiro atoms. The molecule has 0 unspecified atom stereocenters. The van der Waals surface area contributed by atoms with Crippen molar-refractivity contribution in [1.82, 2.24) is 4.90 Å². The molecule has 89 valence electrons. The molecular formula is C12H17N3RbRe-. The smallest absolute Gasteiger partial charge is 0.454 e. The molecule has 0 bridgehead atoms. The second-order valence-corrected chi connectivity index (χ2v) is 4.11. The number of hydrogen-bond acceptors (Lipinski definition) is 3. The first-order valence-electron chi connectivity index (χ1n) is 5.24. The van der Waals surface area contributed by atoms with Crippen molar-refractivity contribution < 1.29 is 78.6 Å². The van der Waals surface area contributed by atoms with Crippen molar-refractivity contribution in [1.29, 1.82) is 0 Å². The summed E-state index contributed by atoms with van der Waals surface area (Å²) in [7, 11) is 2.12. The Labute approximate surface area is 167 Å². The average molecular weight is 475 g/mol. The van der Waals surface area contributed by atoms with Gasteiger partial charge < -0.3 is 15.5 Å². The van der Waals surface area contributed by atoms with Crippen LogP contribution in [0.5, 0.6) is 0 Å². The Balaban J connectivity index is 0.00000128. The molecule has 2 rings (SSSR count). The molecule has 1 radical (unpaired) electrons. The SMILES string of the molecule is C[C@@H]1CN(c2[c-]ccc(N)c2)C[CH-]N1C.[Rb+].[Re]. The van der Waals surface area contributed by atoms with Crippen LogP contribution in [0.2, 0.25) is 0 Å². The van der Waals surface area contributed by atoms with E-state index in [4.69, 9.17) is 5.73 Å². The first-order chi connectivity index (χ1) is 7.16. The van der Waals surface area contributed by atoms with Crippen molar-refractivity contribution in [2.45, 2.75) is 13.0 Å². The molecule has 1 aliphatic rings. The van der Waals surface area contributed by atoms with Gasteiger partial charge in [-0.3, -0.25) is 0 Å². The second-order valence-electron chi connectivity index (χ2n) is 4.11. The van der Waals surface area contributed by atoms with Crippen molar-refractivity contribution in [3.63, 3.8) is 0 Å². The molecule has 0 saturated carbocycles. The van der Waals surface area contributed by atoms with Crippen LogP contribution in [-0.2, 0) is 20.4 Å². The van der Waals surface area contributed by atoms with E-state index in [1.54, 1.807) is 0 Å². The van der Waals surface area contributed by atoms with Crippen LogP contribution in [0.25, 0.3) is 0 Å². The maximum atomic E-state index is 5.76. The maximum absolute atomic E-state index is 5.76. The molecule has 1 atom stereocenters. The number of benzene rings is 1. The normalized spacial score (nSPS) is 20.4. The molecule has 5 heteroatoms. The minimum Gasteiger partial charge on any atom is -0.454 e. The van der Waals surface area contributed by atoms with Gasteiger partial charge in [0.15, 0.2) is 0 Å². The summed E-state index contributed by atoms with van der Waals surface area (Å²) >= 11 is 0. The Morgan fingerprint density at radius 2 is 2.24 bits per heavy atom. The summed E-state index contributed by atoms with van der Waals surface area (Å²) in [4.78, 5) is 4.55. The van der Waals surface area contributed by atoms with E-state index in [-0.39, 0.29) is 78.6 Å². The van der Waals surface area contributed by atoms with Crippen LogP contribution in [0.15, 0.2) is 18.2 Å². The van der Waals surface area contributed by atoms with Gasteiger partial charge in [-0.2, -0.15) is 12.1 Å². The summed E-state index contributed by atoms with van der Waals surface area (Å²) in [5.41, 5.74) is 7.65. The summed E-state index contributed by atoms with van der Waals surface area (Å²) in [5, 5.41) is 0. The van der Waals surface area contributed by atoms with E-state index < -0.39 is 0 Å². The van der Waals surface area contributed by atoms with Crippen LogP contribution in [0, 0.1) is 12.6 Å². The summed E-state index contributed by atoms with van der Waals surface area (Å²) in [6, 6.07) is 9.49. The minimum absolute atomic E-state index is 0. The second kappa shape index (κ2) is 8.42. The summed E-state index contributed by atoms with van der Waals surface area (Å²) in [6.45, 7) is 6.37. The monoisotopic (exact) mass is 475 g/mol. The van der Waals surface area contributed by atoms with Crippen molar-refractivity contribution >= 4 is 11.4 Å². The zero-order valence-corrected chi connectivity index (χ0v) is 18.3. The number of nitrogen functional groups attached to an aromatic ring is 1. The molecule has 2 N–H and O–H groups in total. The third-order valence-corrected chi connectivity index (χ3v) is 2.92. The van der Waals surface area contributed by atoms with Gasteiger partial charge in [-0.05, 0) is 13.1 Å². The third kappa shape index (κ3) is 5.03. The predicted molar refractivity (Wildman–Crippen MR) is 63.4 cm³/mol. The van der Waals surface area contributed by atoms with Crippen LogP contribution in [-0.4, -0.2) is 31.1 Å². The van der Waals surface area contributed by atoms with Gasteiger partial charge in [0.05, 0.1) is 0 Å². The number of nitrogens with two attached hydrogens (primary N) is 1. The molecule has 17 heavy (non-hydrogen) atoms. The number of rotatable bonds is 1. The molecule has 0 amide bonds. The van der Waals surface area contributed by atoms with Gasteiger partial charge in [0, 0.05) is 27.0 Å². The number of nitrogens with zero attached hydrogens (tertiary/aromatic N) is 2. The molecule has 1 saturated heterocycles. The van der Waals surface area contributed by atoms with Gasteiger partial charge in [-0.1, -0.05) is 24.8 Å². The topological polar surface area (TPSA) is 32.5 Å². The number of anilines is 2. The average Bonchev–Trinajstić information content (AvgIpc) is 2.22. The van der Waals surface area contributed by atoms with Crippen molar-refractivity contribution in [2.24, 2.45) is 0 Å². The molecule has 0 aromatic heterocycles. The first kappa shape index (κ1) is 18.2. The van der Waals surface area contributed by atoms with E-state index in [1.807, 2.05) is 18.2 Å². The van der Waals surface area contributed by atoms with Crippen molar-refractivity contribution in [3.05, 3.63) is 30.8 Å². The Hall–Kier alpha value is 1.25. The zero-order valence-electron chi connectivity index (χ0n) is 10.7. The van der Waals surface area contributed by atoms with Gasteiger partial charge in [0.2, 0.25) is 0 Å². The predicted octanol–water partition coefficient (Wildman–Crippen LogP) is -1.63. The van der Waals surface area contributed by atoms with Crippen LogP contribution in [0.4, 0.5) is 11.4 Å². The van der Waals surface area contributed by atoms with E-state index in [0.29, 0.717) is 6.04 Å². The van der Waals surface area contributed by atoms with Crippen LogP contribution >= 0.6 is 0 Å². The fourth-order valence-corrected chi connectivity index (χ4v) is 1.78. The van der Waals surface area contributed by atoms with Gasteiger partial charge in [0.25, 0.3) is 0 Å². The van der Waals surface area contributed by atoms with E-state index in [2.05, 4.69) is 36.4 Å². The van der Waals surface area contributed by atoms with E-state index in [9.17, 15) is 0 Å². The quantitative estimate of drug-likeness (QED) is 0.392. The summed E-state index contributed by atoms with van der Waals surface area (Å²) in [5.74, 6) is 0. The molecular weight excluding hydrogens is 458 g/mol. The Morgan fingerprint density at radius 1 is 1.53 bits per heavy atom. The molecule has 1 heterocycles. The molecule has 3 nitrogen and oxygen atoms in total. The molecule has 0 aliphatic carbocycles. The number of likely N-dealkylation sites (N-methyl/N-ethyl adjacent to an activating group) is 1. The van der Waals surface area contributed by atoms with Crippen LogP contribution in [0.3, 0.4) is 0 Å². The van der Waals surface area contributed by atoms with Gasteiger partial charge in [0.1, 0.15) is 0 Å². The molecule has 1 aromatic rings. The van der Waals surface area contributed by atoms with E-state index in [0.717, 1.165) is 24.5 Å².